The molecule has 1 aromatic carbocycles. The molecule has 2 amide bonds. The van der Waals surface area contributed by atoms with Crippen LogP contribution in [0.2, 0.25) is 0 Å². The monoisotopic (exact) mass is 354 g/mol. The van der Waals surface area contributed by atoms with Gasteiger partial charge in [-0.2, -0.15) is 0 Å². The Morgan fingerprint density at radius 3 is 2.50 bits per heavy atom. The van der Waals surface area contributed by atoms with Crippen molar-refractivity contribution in [1.29, 1.82) is 0 Å². The predicted octanol–water partition coefficient (Wildman–Crippen LogP) is -0.422. The Kier molecular flexibility index (Phi) is 8.10. The fraction of sp³-hybridized carbons (Fsp3) is 0.467. The molecule has 0 aliphatic carbocycles. The molecular formula is C15H23BN2O5S. The molecule has 0 bridgehead atoms. The third kappa shape index (κ3) is 6.82. The number of hydrogen-bond acceptors (Lipinski definition) is 5. The summed E-state index contributed by atoms with van der Waals surface area (Å²) in [5, 5.41) is 21.4. The predicted molar refractivity (Wildman–Crippen MR) is 92.4 cm³/mol. The lowest BCUT2D eigenvalue weighted by Gasteiger charge is -2.12. The van der Waals surface area contributed by atoms with Gasteiger partial charge in [0.25, 0.3) is 0 Å². The highest BCUT2D eigenvalue weighted by Gasteiger charge is 2.16. The van der Waals surface area contributed by atoms with E-state index in [1.807, 2.05) is 13.8 Å². The molecular weight excluding hydrogens is 331 g/mol. The summed E-state index contributed by atoms with van der Waals surface area (Å²) in [6.07, 6.45) is 1.31. The smallest absolute Gasteiger partial charge is 0.423 e. The quantitative estimate of drug-likeness (QED) is 0.473. The number of hydrogen-bond donors (Lipinski definition) is 4. The van der Waals surface area contributed by atoms with Crippen molar-refractivity contribution in [2.45, 2.75) is 45.1 Å². The molecule has 9 heteroatoms. The molecule has 0 saturated carbocycles. The maximum Gasteiger partial charge on any atom is 0.488 e. The summed E-state index contributed by atoms with van der Waals surface area (Å²) in [7, 11) is -3.55. The van der Waals surface area contributed by atoms with E-state index in [1.165, 1.54) is 19.1 Å². The minimum atomic E-state index is -1.81. The molecule has 1 aromatic rings. The molecule has 0 aromatic heterocycles. The van der Waals surface area contributed by atoms with Gasteiger partial charge in [0.1, 0.15) is 0 Å². The van der Waals surface area contributed by atoms with Crippen LogP contribution >= 0.6 is 0 Å². The normalized spacial score (nSPS) is 13.0. The lowest BCUT2D eigenvalue weighted by atomic mass is 9.79. The van der Waals surface area contributed by atoms with E-state index < -0.39 is 24.0 Å². The molecule has 1 rings (SSSR count). The van der Waals surface area contributed by atoms with Crippen molar-refractivity contribution in [3.05, 3.63) is 23.8 Å². The van der Waals surface area contributed by atoms with Gasteiger partial charge in [-0.05, 0) is 29.1 Å². The van der Waals surface area contributed by atoms with Crippen molar-refractivity contribution in [3.8, 4) is 0 Å². The number of amides is 2. The van der Waals surface area contributed by atoms with E-state index in [0.29, 0.717) is 12.0 Å². The largest absolute Gasteiger partial charge is 0.488 e. The van der Waals surface area contributed by atoms with Gasteiger partial charge in [0.15, 0.2) is 11.0 Å². The Morgan fingerprint density at radius 2 is 1.96 bits per heavy atom. The maximum absolute atomic E-state index is 12.0. The minimum Gasteiger partial charge on any atom is -0.423 e. The van der Waals surface area contributed by atoms with Crippen LogP contribution in [0.1, 0.15) is 39.2 Å². The summed E-state index contributed by atoms with van der Waals surface area (Å²) in [5.74, 6) is -0.297. The molecule has 0 fully saturated rings. The number of benzene rings is 1. The van der Waals surface area contributed by atoms with E-state index in [1.54, 1.807) is 6.07 Å². The molecule has 0 aliphatic heterocycles. The van der Waals surface area contributed by atoms with Crippen LogP contribution in [0.5, 0.6) is 0 Å². The van der Waals surface area contributed by atoms with Crippen LogP contribution in [-0.2, 0) is 27.1 Å². The van der Waals surface area contributed by atoms with E-state index in [-0.39, 0.29) is 28.7 Å². The van der Waals surface area contributed by atoms with Crippen LogP contribution in [0.4, 0.5) is 0 Å². The van der Waals surface area contributed by atoms with Crippen molar-refractivity contribution >= 4 is 35.4 Å². The molecule has 0 aliphatic rings. The van der Waals surface area contributed by atoms with Gasteiger partial charge in [0, 0.05) is 19.9 Å². The average molecular weight is 354 g/mol. The summed E-state index contributed by atoms with van der Waals surface area (Å²) in [6, 6.07) is 4.38. The van der Waals surface area contributed by atoms with Crippen LogP contribution in [0.15, 0.2) is 23.1 Å². The van der Waals surface area contributed by atoms with Gasteiger partial charge in [-0.1, -0.05) is 26.3 Å². The summed E-state index contributed by atoms with van der Waals surface area (Å²) in [5.41, 5.74) is 0.698. The Bertz CT molecular complexity index is 624. The van der Waals surface area contributed by atoms with Crippen LogP contribution in [0.3, 0.4) is 0 Å². The van der Waals surface area contributed by atoms with Gasteiger partial charge in [0.2, 0.25) is 11.8 Å². The topological polar surface area (TPSA) is 116 Å². The zero-order chi connectivity index (χ0) is 18.3. The fourth-order valence-corrected chi connectivity index (χ4v) is 2.85. The van der Waals surface area contributed by atoms with Gasteiger partial charge in [-0.15, -0.1) is 0 Å². The number of rotatable bonds is 8. The zero-order valence-corrected chi connectivity index (χ0v) is 14.9. The maximum atomic E-state index is 12.0. The lowest BCUT2D eigenvalue weighted by molar-refractivity contribution is -0.122. The van der Waals surface area contributed by atoms with Crippen molar-refractivity contribution in [1.82, 2.24) is 10.0 Å². The second-order valence-electron chi connectivity index (χ2n) is 5.71. The zero-order valence-electron chi connectivity index (χ0n) is 14.0. The van der Waals surface area contributed by atoms with Crippen molar-refractivity contribution in [3.63, 3.8) is 0 Å². The first-order valence-electron chi connectivity index (χ1n) is 7.68. The summed E-state index contributed by atoms with van der Waals surface area (Å²) >= 11 is 0. The Morgan fingerprint density at radius 1 is 1.29 bits per heavy atom. The van der Waals surface area contributed by atoms with Crippen LogP contribution in [0, 0.1) is 5.92 Å². The minimum absolute atomic E-state index is 0.108. The van der Waals surface area contributed by atoms with E-state index in [4.69, 9.17) is 0 Å². The van der Waals surface area contributed by atoms with E-state index in [9.17, 15) is 23.8 Å². The van der Waals surface area contributed by atoms with E-state index >= 15 is 0 Å². The standard InChI is InChI=1S/C15H23BN2O5S/c1-4-10(2)5-15(20)17-9-12-6-13(16(21)22)8-14(7-12)24(23)18-11(3)19/h6-8,10,21-22H,4-5,9H2,1-3H3,(H,17,20)(H,18,19). The molecule has 2 atom stereocenters. The van der Waals surface area contributed by atoms with Gasteiger partial charge >= 0.3 is 7.12 Å². The molecule has 2 unspecified atom stereocenters. The first-order chi connectivity index (χ1) is 11.2. The molecule has 0 radical (unpaired) electrons. The highest BCUT2D eigenvalue weighted by molar-refractivity contribution is 7.83. The lowest BCUT2D eigenvalue weighted by Crippen LogP contribution is -2.32. The first kappa shape index (κ1) is 20.3. The highest BCUT2D eigenvalue weighted by Crippen LogP contribution is 2.09. The Hall–Kier alpha value is -1.71. The van der Waals surface area contributed by atoms with E-state index in [0.717, 1.165) is 6.42 Å². The van der Waals surface area contributed by atoms with Crippen molar-refractivity contribution < 1.29 is 23.8 Å². The molecule has 0 spiro atoms. The highest BCUT2D eigenvalue weighted by atomic mass is 32.2. The number of carbonyl (C=O) groups is 2. The van der Waals surface area contributed by atoms with E-state index in [2.05, 4.69) is 10.0 Å². The number of nitrogens with one attached hydrogen (secondary N) is 2. The van der Waals surface area contributed by atoms with Gasteiger partial charge < -0.3 is 15.4 Å². The van der Waals surface area contributed by atoms with Gasteiger partial charge in [0.05, 0.1) is 4.90 Å². The van der Waals surface area contributed by atoms with Crippen molar-refractivity contribution in [2.75, 3.05) is 0 Å². The molecule has 24 heavy (non-hydrogen) atoms. The van der Waals surface area contributed by atoms with Gasteiger partial charge in [-0.25, -0.2) is 4.21 Å². The molecule has 132 valence electrons. The summed E-state index contributed by atoms with van der Waals surface area (Å²) in [4.78, 5) is 23.1. The third-order valence-corrected chi connectivity index (χ3v) is 4.59. The Labute approximate surface area is 144 Å². The Balaban J connectivity index is 2.89. The summed E-state index contributed by atoms with van der Waals surface area (Å²) < 4.78 is 14.3. The second-order valence-corrected chi connectivity index (χ2v) is 6.92. The second kappa shape index (κ2) is 9.56. The first-order valence-corrected chi connectivity index (χ1v) is 8.83. The van der Waals surface area contributed by atoms with Gasteiger partial charge in [-0.3, -0.25) is 14.3 Å². The van der Waals surface area contributed by atoms with Crippen LogP contribution < -0.4 is 15.5 Å². The molecule has 7 nitrogen and oxygen atoms in total. The summed E-state index contributed by atoms with van der Waals surface area (Å²) in [6.45, 7) is 5.39. The number of carbonyl (C=O) groups excluding carboxylic acids is 2. The molecule has 4 N–H and O–H groups in total. The molecule has 0 heterocycles. The van der Waals surface area contributed by atoms with Crippen molar-refractivity contribution in [2.24, 2.45) is 5.92 Å². The third-order valence-electron chi connectivity index (χ3n) is 3.46. The SMILES string of the molecule is CCC(C)CC(=O)NCc1cc(B(O)O)cc(S(=O)NC(C)=O)c1. The average Bonchev–Trinajstić information content (AvgIpc) is 2.51. The fourth-order valence-electron chi connectivity index (χ4n) is 1.97. The van der Waals surface area contributed by atoms with Crippen LogP contribution in [-0.4, -0.2) is 33.2 Å². The van der Waals surface area contributed by atoms with Crippen LogP contribution in [0.25, 0.3) is 0 Å². The molecule has 0 saturated heterocycles.